The van der Waals surface area contributed by atoms with Crippen molar-refractivity contribution in [3.63, 3.8) is 0 Å². The number of carbonyl (C=O) groups is 1. The number of nitrogen functional groups attached to an aromatic ring is 1. The zero-order valence-corrected chi connectivity index (χ0v) is 14.8. The van der Waals surface area contributed by atoms with E-state index in [0.717, 1.165) is 0 Å². The van der Waals surface area contributed by atoms with Crippen LogP contribution in [0.3, 0.4) is 0 Å². The number of nitrogens with two attached hydrogens (primary N) is 1. The fraction of sp³-hybridized carbons (Fsp3) is 0. The fourth-order valence-corrected chi connectivity index (χ4v) is 2.84. The van der Waals surface area contributed by atoms with E-state index in [1.165, 1.54) is 12.1 Å². The Bertz CT molecular complexity index is 713. The smallest absolute Gasteiger partial charge is 0.255 e. The number of hydrogen-bond donors (Lipinski definition) is 2. The van der Waals surface area contributed by atoms with Crippen molar-refractivity contribution in [1.82, 2.24) is 0 Å². The molecule has 2 aromatic carbocycles. The Morgan fingerprint density at radius 1 is 1.05 bits per heavy atom. The van der Waals surface area contributed by atoms with Crippen molar-refractivity contribution in [3.8, 4) is 0 Å². The summed E-state index contributed by atoms with van der Waals surface area (Å²) in [7, 11) is 0. The van der Waals surface area contributed by atoms with Crippen LogP contribution in [0.1, 0.15) is 10.4 Å². The van der Waals surface area contributed by atoms with Crippen molar-refractivity contribution in [3.05, 3.63) is 54.4 Å². The van der Waals surface area contributed by atoms with Crippen molar-refractivity contribution in [2.45, 2.75) is 0 Å². The third-order valence-corrected chi connectivity index (χ3v) is 5.02. The molecule has 0 unspecified atom stereocenters. The van der Waals surface area contributed by atoms with E-state index in [0.29, 0.717) is 15.2 Å². The van der Waals surface area contributed by atoms with Gasteiger partial charge in [-0.3, -0.25) is 4.79 Å². The first-order valence-electron chi connectivity index (χ1n) is 5.50. The maximum Gasteiger partial charge on any atom is 0.255 e. The van der Waals surface area contributed by atoms with Gasteiger partial charge in [0.1, 0.15) is 0 Å². The van der Waals surface area contributed by atoms with Gasteiger partial charge in [0.25, 0.3) is 5.91 Å². The molecule has 110 valence electrons. The molecule has 0 aliphatic carbocycles. The number of hydrogen-bond acceptors (Lipinski definition) is 2. The third-order valence-electron chi connectivity index (χ3n) is 2.62. The Labute approximate surface area is 149 Å². The van der Waals surface area contributed by atoms with E-state index in [2.05, 4.69) is 21.2 Å². The highest BCUT2D eigenvalue weighted by atomic mass is 79.9. The molecule has 0 radical (unpaired) electrons. The number of rotatable bonds is 2. The Hall–Kier alpha value is -0.650. The minimum absolute atomic E-state index is 0.201. The lowest BCUT2D eigenvalue weighted by molar-refractivity contribution is 0.102. The highest BCUT2D eigenvalue weighted by Gasteiger charge is 2.14. The van der Waals surface area contributed by atoms with Crippen molar-refractivity contribution in [2.75, 3.05) is 11.1 Å². The summed E-state index contributed by atoms with van der Waals surface area (Å²) in [5, 5.41) is 3.57. The molecule has 0 aliphatic heterocycles. The lowest BCUT2D eigenvalue weighted by Crippen LogP contribution is -2.12. The number of halogens is 5. The molecular weight excluding hydrogens is 422 g/mol. The predicted molar refractivity (Wildman–Crippen MR) is 93.0 cm³/mol. The van der Waals surface area contributed by atoms with Gasteiger partial charge >= 0.3 is 0 Å². The second-order valence-corrected chi connectivity index (χ2v) is 6.46. The fourth-order valence-electron chi connectivity index (χ4n) is 1.53. The lowest BCUT2D eigenvalue weighted by Gasteiger charge is -2.10. The van der Waals surface area contributed by atoms with Gasteiger partial charge in [0.05, 0.1) is 31.5 Å². The van der Waals surface area contributed by atoms with Gasteiger partial charge in [-0.2, -0.15) is 0 Å². The van der Waals surface area contributed by atoms with Gasteiger partial charge in [-0.25, -0.2) is 0 Å². The molecule has 0 aromatic heterocycles. The van der Waals surface area contributed by atoms with E-state index >= 15 is 0 Å². The van der Waals surface area contributed by atoms with Gasteiger partial charge in [-0.15, -0.1) is 0 Å². The van der Waals surface area contributed by atoms with Crippen LogP contribution in [0.2, 0.25) is 20.1 Å². The molecule has 0 spiro atoms. The van der Waals surface area contributed by atoms with Crippen LogP contribution in [0.4, 0.5) is 11.4 Å². The Balaban J connectivity index is 2.33. The summed E-state index contributed by atoms with van der Waals surface area (Å²) in [5.41, 5.74) is 6.48. The van der Waals surface area contributed by atoms with E-state index in [1.807, 2.05) is 0 Å². The lowest BCUT2D eigenvalue weighted by atomic mass is 10.2. The molecule has 8 heteroatoms. The van der Waals surface area contributed by atoms with Crippen LogP contribution in [-0.2, 0) is 0 Å². The van der Waals surface area contributed by atoms with E-state index in [9.17, 15) is 4.79 Å². The molecule has 3 N–H and O–H groups in total. The highest BCUT2D eigenvalue weighted by Crippen LogP contribution is 2.36. The van der Waals surface area contributed by atoms with Gasteiger partial charge in [0, 0.05) is 10.0 Å². The molecule has 0 fully saturated rings. The monoisotopic (exact) mass is 426 g/mol. The number of nitrogens with one attached hydrogen (secondary N) is 1. The Morgan fingerprint density at radius 3 is 2.19 bits per heavy atom. The molecule has 0 bridgehead atoms. The second-order valence-electron chi connectivity index (χ2n) is 4.03. The van der Waals surface area contributed by atoms with E-state index in [1.54, 1.807) is 12.1 Å². The van der Waals surface area contributed by atoms with Crippen LogP contribution < -0.4 is 11.1 Å². The van der Waals surface area contributed by atoms with Gasteiger partial charge < -0.3 is 11.1 Å². The first kappa shape index (κ1) is 16.7. The quantitative estimate of drug-likeness (QED) is 0.462. The van der Waals surface area contributed by atoms with E-state index in [4.69, 9.17) is 52.1 Å². The number of benzene rings is 2. The maximum absolute atomic E-state index is 12.2. The van der Waals surface area contributed by atoms with Gasteiger partial charge in [0.2, 0.25) is 0 Å². The minimum Gasteiger partial charge on any atom is -0.396 e. The molecule has 0 atom stereocenters. The number of amides is 1. The van der Waals surface area contributed by atoms with Gasteiger partial charge in [-0.1, -0.05) is 46.4 Å². The number of carbonyl (C=O) groups excluding carboxylic acids is 1. The molecule has 0 aliphatic rings. The zero-order chi connectivity index (χ0) is 15.7. The topological polar surface area (TPSA) is 55.1 Å². The maximum atomic E-state index is 12.2. The highest BCUT2D eigenvalue weighted by molar-refractivity contribution is 9.10. The molecule has 3 nitrogen and oxygen atoms in total. The van der Waals surface area contributed by atoms with E-state index < -0.39 is 5.91 Å². The number of anilines is 2. The average Bonchev–Trinajstić information content (AvgIpc) is 2.44. The standard InChI is InChI=1S/C13H7BrCl4N2O/c14-6-1-2-9(11(18)10(6)17)20-13(21)5-3-7(15)12(19)8(16)4-5/h1-4H,19H2,(H,20,21). The summed E-state index contributed by atoms with van der Waals surface area (Å²) in [6.07, 6.45) is 0. The molecule has 21 heavy (non-hydrogen) atoms. The molecule has 0 heterocycles. The van der Waals surface area contributed by atoms with Gasteiger partial charge in [-0.05, 0) is 40.2 Å². The van der Waals surface area contributed by atoms with Crippen molar-refractivity contribution < 1.29 is 4.79 Å². The van der Waals surface area contributed by atoms with Crippen LogP contribution >= 0.6 is 62.3 Å². The summed E-state index contributed by atoms with van der Waals surface area (Å²) < 4.78 is 0.630. The molecular formula is C13H7BrCl4N2O. The summed E-state index contributed by atoms with van der Waals surface area (Å²) >= 11 is 27.1. The van der Waals surface area contributed by atoms with Crippen molar-refractivity contribution >= 4 is 79.6 Å². The summed E-state index contributed by atoms with van der Waals surface area (Å²) in [5.74, 6) is -0.431. The zero-order valence-electron chi connectivity index (χ0n) is 10.2. The molecule has 2 aromatic rings. The van der Waals surface area contributed by atoms with Crippen LogP contribution in [0.15, 0.2) is 28.7 Å². The third kappa shape index (κ3) is 3.58. The van der Waals surface area contributed by atoms with Crippen LogP contribution in [0.25, 0.3) is 0 Å². The minimum atomic E-state index is -0.431. The normalized spacial score (nSPS) is 10.5. The SMILES string of the molecule is Nc1c(Cl)cc(C(=O)Nc2ccc(Br)c(Cl)c2Cl)cc1Cl. The molecule has 2 rings (SSSR count). The van der Waals surface area contributed by atoms with Crippen LogP contribution in [0.5, 0.6) is 0 Å². The van der Waals surface area contributed by atoms with Crippen molar-refractivity contribution in [1.29, 1.82) is 0 Å². The first-order chi connectivity index (χ1) is 9.81. The summed E-state index contributed by atoms with van der Waals surface area (Å²) in [6, 6.07) is 6.14. The Morgan fingerprint density at radius 2 is 1.62 bits per heavy atom. The first-order valence-corrected chi connectivity index (χ1v) is 7.81. The largest absolute Gasteiger partial charge is 0.396 e. The summed E-state index contributed by atoms with van der Waals surface area (Å²) in [4.78, 5) is 12.2. The average molecular weight is 429 g/mol. The van der Waals surface area contributed by atoms with Crippen LogP contribution in [0, 0.1) is 0 Å². The molecule has 0 saturated heterocycles. The molecule has 0 saturated carbocycles. The predicted octanol–water partition coefficient (Wildman–Crippen LogP) is 5.90. The second kappa shape index (κ2) is 6.63. The molecule has 1 amide bonds. The van der Waals surface area contributed by atoms with Crippen molar-refractivity contribution in [2.24, 2.45) is 0 Å². The van der Waals surface area contributed by atoms with E-state index in [-0.39, 0.29) is 26.3 Å². The Kier molecular flexibility index (Phi) is 5.28. The van der Waals surface area contributed by atoms with Gasteiger partial charge in [0.15, 0.2) is 0 Å². The van der Waals surface area contributed by atoms with Crippen LogP contribution in [-0.4, -0.2) is 5.91 Å². The summed E-state index contributed by atoms with van der Waals surface area (Å²) in [6.45, 7) is 0.